The molecule has 1 aliphatic heterocycles. The maximum Gasteiger partial charge on any atom is 0.246 e. The van der Waals surface area contributed by atoms with Crippen LogP contribution in [0.2, 0.25) is 5.02 Å². The molecular formula is C17H17ClN6O. The molecule has 0 aromatic carbocycles. The zero-order chi connectivity index (χ0) is 17.2. The van der Waals surface area contributed by atoms with Crippen LogP contribution in [0.3, 0.4) is 0 Å². The lowest BCUT2D eigenvalue weighted by molar-refractivity contribution is 0.545. The Morgan fingerprint density at radius 1 is 1.00 bits per heavy atom. The number of nitrogens with zero attached hydrogens (tertiary/aromatic N) is 6. The second kappa shape index (κ2) is 6.68. The highest BCUT2D eigenvalue weighted by Gasteiger charge is 2.21. The summed E-state index contributed by atoms with van der Waals surface area (Å²) in [6.07, 6.45) is 3.29. The van der Waals surface area contributed by atoms with Gasteiger partial charge in [0.1, 0.15) is 17.3 Å². The Hall–Kier alpha value is -2.67. The molecule has 25 heavy (non-hydrogen) atoms. The summed E-state index contributed by atoms with van der Waals surface area (Å²) in [6, 6.07) is 7.61. The summed E-state index contributed by atoms with van der Waals surface area (Å²) >= 11 is 5.90. The Kier molecular flexibility index (Phi) is 4.23. The van der Waals surface area contributed by atoms with Gasteiger partial charge in [-0.2, -0.15) is 5.10 Å². The number of piperazine rings is 1. The van der Waals surface area contributed by atoms with Crippen molar-refractivity contribution < 1.29 is 4.42 Å². The van der Waals surface area contributed by atoms with Crippen molar-refractivity contribution >= 4 is 23.4 Å². The van der Waals surface area contributed by atoms with Crippen LogP contribution < -0.4 is 9.80 Å². The number of hydrogen-bond acceptors (Lipinski definition) is 7. The van der Waals surface area contributed by atoms with E-state index in [1.54, 1.807) is 12.4 Å². The normalized spacial score (nSPS) is 14.8. The van der Waals surface area contributed by atoms with Crippen molar-refractivity contribution in [1.82, 2.24) is 20.2 Å². The van der Waals surface area contributed by atoms with E-state index in [0.29, 0.717) is 22.4 Å². The van der Waals surface area contributed by atoms with Gasteiger partial charge in [-0.05, 0) is 31.2 Å². The monoisotopic (exact) mass is 356 g/mol. The highest BCUT2D eigenvalue weighted by atomic mass is 35.5. The van der Waals surface area contributed by atoms with Crippen molar-refractivity contribution in [1.29, 1.82) is 0 Å². The Bertz CT molecular complexity index is 858. The van der Waals surface area contributed by atoms with Gasteiger partial charge in [0.05, 0.1) is 11.2 Å². The van der Waals surface area contributed by atoms with Crippen molar-refractivity contribution in [3.8, 4) is 11.5 Å². The van der Waals surface area contributed by atoms with Crippen molar-refractivity contribution in [3.63, 3.8) is 0 Å². The molecular weight excluding hydrogens is 340 g/mol. The van der Waals surface area contributed by atoms with Crippen LogP contribution in [0.4, 0.5) is 11.8 Å². The van der Waals surface area contributed by atoms with E-state index >= 15 is 0 Å². The van der Waals surface area contributed by atoms with Crippen LogP contribution in [0.5, 0.6) is 0 Å². The molecule has 0 spiro atoms. The van der Waals surface area contributed by atoms with Gasteiger partial charge in [-0.15, -0.1) is 5.10 Å². The Morgan fingerprint density at radius 2 is 1.80 bits per heavy atom. The predicted octanol–water partition coefficient (Wildman–Crippen LogP) is 2.82. The third kappa shape index (κ3) is 3.41. The lowest BCUT2D eigenvalue weighted by atomic mass is 10.3. The number of pyridine rings is 1. The van der Waals surface area contributed by atoms with Crippen LogP contribution in [0.25, 0.3) is 11.5 Å². The number of aryl methyl sites for hydroxylation is 1. The fraction of sp³-hybridized carbons (Fsp3) is 0.294. The quantitative estimate of drug-likeness (QED) is 0.714. The summed E-state index contributed by atoms with van der Waals surface area (Å²) in [7, 11) is 0. The number of aromatic nitrogens is 4. The first-order chi connectivity index (χ1) is 12.2. The van der Waals surface area contributed by atoms with E-state index in [4.69, 9.17) is 16.0 Å². The molecule has 0 radical (unpaired) electrons. The molecule has 0 atom stereocenters. The van der Waals surface area contributed by atoms with Gasteiger partial charge < -0.3 is 14.2 Å². The van der Waals surface area contributed by atoms with Gasteiger partial charge in [-0.3, -0.25) is 0 Å². The maximum absolute atomic E-state index is 5.90. The number of halogens is 1. The lowest BCUT2D eigenvalue weighted by Gasteiger charge is -2.35. The van der Waals surface area contributed by atoms with E-state index in [1.807, 2.05) is 31.2 Å². The molecule has 4 rings (SSSR count). The van der Waals surface area contributed by atoms with Crippen LogP contribution in [0, 0.1) is 6.92 Å². The second-order valence-electron chi connectivity index (χ2n) is 5.86. The second-order valence-corrected chi connectivity index (χ2v) is 6.30. The first-order valence-electron chi connectivity index (χ1n) is 8.07. The van der Waals surface area contributed by atoms with E-state index in [0.717, 1.165) is 37.8 Å². The fourth-order valence-corrected chi connectivity index (χ4v) is 2.92. The molecule has 3 aromatic heterocycles. The third-order valence-electron chi connectivity index (χ3n) is 4.14. The predicted molar refractivity (Wildman–Crippen MR) is 95.9 cm³/mol. The topological polar surface area (TPSA) is 71.2 Å². The van der Waals surface area contributed by atoms with Gasteiger partial charge in [0.2, 0.25) is 5.95 Å². The van der Waals surface area contributed by atoms with E-state index in [-0.39, 0.29) is 0 Å². The van der Waals surface area contributed by atoms with E-state index in [9.17, 15) is 0 Å². The molecule has 0 amide bonds. The zero-order valence-electron chi connectivity index (χ0n) is 13.8. The molecule has 1 saturated heterocycles. The third-order valence-corrected chi connectivity index (χ3v) is 4.36. The molecule has 0 N–H and O–H groups in total. The molecule has 0 saturated carbocycles. The minimum Gasteiger partial charge on any atom is -0.460 e. The number of furan rings is 1. The van der Waals surface area contributed by atoms with Gasteiger partial charge in [0.25, 0.3) is 0 Å². The highest BCUT2D eigenvalue weighted by Crippen LogP contribution is 2.22. The van der Waals surface area contributed by atoms with Gasteiger partial charge in [0, 0.05) is 32.4 Å². The summed E-state index contributed by atoms with van der Waals surface area (Å²) in [5, 5.41) is 8.90. The average molecular weight is 357 g/mol. The largest absolute Gasteiger partial charge is 0.460 e. The average Bonchev–Trinajstić information content (AvgIpc) is 3.09. The van der Waals surface area contributed by atoms with Crippen LogP contribution >= 0.6 is 11.6 Å². The molecule has 8 heteroatoms. The lowest BCUT2D eigenvalue weighted by Crippen LogP contribution is -2.47. The maximum atomic E-state index is 5.90. The van der Waals surface area contributed by atoms with Crippen LogP contribution in [-0.2, 0) is 0 Å². The fourth-order valence-electron chi connectivity index (χ4n) is 2.81. The molecule has 0 bridgehead atoms. The van der Waals surface area contributed by atoms with Crippen molar-refractivity contribution in [2.45, 2.75) is 6.92 Å². The summed E-state index contributed by atoms with van der Waals surface area (Å²) in [4.78, 5) is 13.3. The zero-order valence-corrected chi connectivity index (χ0v) is 14.5. The summed E-state index contributed by atoms with van der Waals surface area (Å²) in [6.45, 7) is 5.17. The Labute approximate surface area is 150 Å². The standard InChI is InChI=1S/C17H17ClN6O/c1-12-2-4-15(25-12)14-11-20-22-17(21-14)24-8-6-23(7-9-24)16-5-3-13(18)10-19-16/h2-5,10-11H,6-9H2,1H3. The smallest absolute Gasteiger partial charge is 0.246 e. The van der Waals surface area contributed by atoms with Crippen molar-refractivity contribution in [2.75, 3.05) is 36.0 Å². The Balaban J connectivity index is 1.46. The number of rotatable bonds is 3. The SMILES string of the molecule is Cc1ccc(-c2cnnc(N3CCN(c4ccc(Cl)cn4)CC3)n2)o1. The minimum absolute atomic E-state index is 0.621. The molecule has 0 aliphatic carbocycles. The molecule has 1 fully saturated rings. The summed E-state index contributed by atoms with van der Waals surface area (Å²) < 4.78 is 5.62. The first kappa shape index (κ1) is 15.8. The highest BCUT2D eigenvalue weighted by molar-refractivity contribution is 6.30. The number of hydrogen-bond donors (Lipinski definition) is 0. The summed E-state index contributed by atoms with van der Waals surface area (Å²) in [5.74, 6) is 3.11. The van der Waals surface area contributed by atoms with Crippen LogP contribution in [-0.4, -0.2) is 46.3 Å². The first-order valence-corrected chi connectivity index (χ1v) is 8.45. The van der Waals surface area contributed by atoms with Gasteiger partial charge in [0.15, 0.2) is 5.76 Å². The molecule has 7 nitrogen and oxygen atoms in total. The van der Waals surface area contributed by atoms with E-state index in [1.165, 1.54) is 0 Å². The summed E-state index contributed by atoms with van der Waals surface area (Å²) in [5.41, 5.74) is 0.694. The number of anilines is 2. The van der Waals surface area contributed by atoms with Crippen molar-refractivity contribution in [2.24, 2.45) is 0 Å². The van der Waals surface area contributed by atoms with Gasteiger partial charge in [-0.1, -0.05) is 11.6 Å². The molecule has 4 heterocycles. The molecule has 128 valence electrons. The van der Waals surface area contributed by atoms with Gasteiger partial charge >= 0.3 is 0 Å². The van der Waals surface area contributed by atoms with Crippen LogP contribution in [0.15, 0.2) is 41.1 Å². The minimum atomic E-state index is 0.621. The molecule has 0 unspecified atom stereocenters. The van der Waals surface area contributed by atoms with E-state index < -0.39 is 0 Å². The van der Waals surface area contributed by atoms with E-state index in [2.05, 4.69) is 30.0 Å². The molecule has 1 aliphatic rings. The van der Waals surface area contributed by atoms with Crippen molar-refractivity contribution in [3.05, 3.63) is 47.4 Å². The molecule has 3 aromatic rings. The van der Waals surface area contributed by atoms with Gasteiger partial charge in [-0.25, -0.2) is 9.97 Å². The Morgan fingerprint density at radius 3 is 2.48 bits per heavy atom. The van der Waals surface area contributed by atoms with Crippen LogP contribution in [0.1, 0.15) is 5.76 Å².